The van der Waals surface area contributed by atoms with Crippen molar-refractivity contribution in [2.45, 2.75) is 13.5 Å². The van der Waals surface area contributed by atoms with Crippen molar-refractivity contribution in [1.82, 2.24) is 15.6 Å². The fraction of sp³-hybridized carbons (Fsp3) is 0.190. The molecule has 1 amide bonds. The molecule has 0 saturated carbocycles. The van der Waals surface area contributed by atoms with Gasteiger partial charge in [0, 0.05) is 18.3 Å². The molecule has 29 heavy (non-hydrogen) atoms. The fourth-order valence-corrected chi connectivity index (χ4v) is 2.55. The number of carbonyl (C=O) groups is 1. The number of aromatic nitrogens is 1. The van der Waals surface area contributed by atoms with Gasteiger partial charge in [-0.25, -0.2) is 9.37 Å². The SMILES string of the molecule is CN=C(NCC(=O)Nc1cccc(F)c1)NCc1coc(-c2ccc(C)cc2)n1. The van der Waals surface area contributed by atoms with Gasteiger partial charge >= 0.3 is 0 Å². The second kappa shape index (κ2) is 9.50. The number of aliphatic imine (C=N–C) groups is 1. The number of oxazole rings is 1. The number of hydrogen-bond acceptors (Lipinski definition) is 4. The molecule has 3 aromatic rings. The van der Waals surface area contributed by atoms with Crippen LogP contribution in [-0.4, -0.2) is 30.4 Å². The van der Waals surface area contributed by atoms with E-state index < -0.39 is 5.82 Å². The number of amides is 1. The number of nitrogens with zero attached hydrogens (tertiary/aromatic N) is 2. The Kier molecular flexibility index (Phi) is 6.57. The van der Waals surface area contributed by atoms with E-state index in [2.05, 4.69) is 25.9 Å². The van der Waals surface area contributed by atoms with Crippen LogP contribution < -0.4 is 16.0 Å². The van der Waals surface area contributed by atoms with Crippen molar-refractivity contribution < 1.29 is 13.6 Å². The smallest absolute Gasteiger partial charge is 0.243 e. The van der Waals surface area contributed by atoms with E-state index in [1.807, 2.05) is 31.2 Å². The van der Waals surface area contributed by atoms with Crippen molar-refractivity contribution in [2.75, 3.05) is 18.9 Å². The maximum Gasteiger partial charge on any atom is 0.243 e. The average molecular weight is 395 g/mol. The van der Waals surface area contributed by atoms with Crippen LogP contribution >= 0.6 is 0 Å². The average Bonchev–Trinajstić information content (AvgIpc) is 3.17. The number of nitrogens with one attached hydrogen (secondary N) is 3. The van der Waals surface area contributed by atoms with Crippen LogP contribution in [0, 0.1) is 12.7 Å². The van der Waals surface area contributed by atoms with Crippen molar-refractivity contribution in [3.05, 3.63) is 71.9 Å². The van der Waals surface area contributed by atoms with Crippen LogP contribution in [0.25, 0.3) is 11.5 Å². The Labute approximate surface area is 168 Å². The molecule has 0 aliphatic rings. The van der Waals surface area contributed by atoms with E-state index >= 15 is 0 Å². The molecule has 150 valence electrons. The van der Waals surface area contributed by atoms with Crippen LogP contribution in [-0.2, 0) is 11.3 Å². The van der Waals surface area contributed by atoms with E-state index in [1.54, 1.807) is 19.4 Å². The summed E-state index contributed by atoms with van der Waals surface area (Å²) in [5.41, 5.74) is 3.16. The molecule has 8 heteroatoms. The molecule has 0 unspecified atom stereocenters. The number of benzene rings is 2. The number of guanidine groups is 1. The number of carbonyl (C=O) groups excluding carboxylic acids is 1. The highest BCUT2D eigenvalue weighted by atomic mass is 19.1. The molecule has 0 bridgehead atoms. The summed E-state index contributed by atoms with van der Waals surface area (Å²) >= 11 is 0. The monoisotopic (exact) mass is 395 g/mol. The summed E-state index contributed by atoms with van der Waals surface area (Å²) in [6.07, 6.45) is 1.58. The number of anilines is 1. The quantitative estimate of drug-likeness (QED) is 0.441. The van der Waals surface area contributed by atoms with Crippen molar-refractivity contribution in [1.29, 1.82) is 0 Å². The molecule has 0 spiro atoms. The van der Waals surface area contributed by atoms with Crippen molar-refractivity contribution >= 4 is 17.6 Å². The van der Waals surface area contributed by atoms with E-state index in [9.17, 15) is 9.18 Å². The molecule has 1 heterocycles. The molecule has 0 radical (unpaired) electrons. The van der Waals surface area contributed by atoms with Gasteiger partial charge in [0.15, 0.2) is 5.96 Å². The van der Waals surface area contributed by atoms with Gasteiger partial charge in [-0.3, -0.25) is 9.79 Å². The van der Waals surface area contributed by atoms with Crippen LogP contribution in [0.5, 0.6) is 0 Å². The molecule has 3 N–H and O–H groups in total. The minimum atomic E-state index is -0.411. The van der Waals surface area contributed by atoms with Gasteiger partial charge in [-0.15, -0.1) is 0 Å². The normalized spacial score (nSPS) is 11.2. The predicted molar refractivity (Wildman–Crippen MR) is 110 cm³/mol. The summed E-state index contributed by atoms with van der Waals surface area (Å²) in [5, 5.41) is 8.57. The summed E-state index contributed by atoms with van der Waals surface area (Å²) in [4.78, 5) is 20.5. The van der Waals surface area contributed by atoms with E-state index in [0.717, 1.165) is 5.56 Å². The molecular formula is C21H22FN5O2. The first kappa shape index (κ1) is 20.1. The van der Waals surface area contributed by atoms with Gasteiger partial charge in [-0.1, -0.05) is 23.8 Å². The van der Waals surface area contributed by atoms with Gasteiger partial charge < -0.3 is 20.4 Å². The van der Waals surface area contributed by atoms with E-state index in [0.29, 0.717) is 29.8 Å². The zero-order valence-corrected chi connectivity index (χ0v) is 16.2. The zero-order valence-electron chi connectivity index (χ0n) is 16.2. The topological polar surface area (TPSA) is 91.5 Å². The lowest BCUT2D eigenvalue weighted by molar-refractivity contribution is -0.115. The van der Waals surface area contributed by atoms with E-state index in [1.165, 1.54) is 23.8 Å². The zero-order chi connectivity index (χ0) is 20.6. The highest BCUT2D eigenvalue weighted by molar-refractivity contribution is 5.94. The Morgan fingerprint density at radius 3 is 2.69 bits per heavy atom. The molecule has 7 nitrogen and oxygen atoms in total. The first-order valence-corrected chi connectivity index (χ1v) is 9.05. The summed E-state index contributed by atoms with van der Waals surface area (Å²) < 4.78 is 18.7. The van der Waals surface area contributed by atoms with Crippen LogP contribution in [0.2, 0.25) is 0 Å². The lowest BCUT2D eigenvalue weighted by atomic mass is 10.1. The van der Waals surface area contributed by atoms with Crippen molar-refractivity contribution in [2.24, 2.45) is 4.99 Å². The third-order valence-electron chi connectivity index (χ3n) is 4.04. The Hall–Kier alpha value is -3.68. The van der Waals surface area contributed by atoms with Crippen molar-refractivity contribution in [3.8, 4) is 11.5 Å². The van der Waals surface area contributed by atoms with E-state index in [-0.39, 0.29) is 12.5 Å². The number of aryl methyl sites for hydroxylation is 1. The lowest BCUT2D eigenvalue weighted by Crippen LogP contribution is -2.41. The second-order valence-electron chi connectivity index (χ2n) is 6.35. The molecule has 0 aliphatic heterocycles. The maximum absolute atomic E-state index is 13.2. The largest absolute Gasteiger partial charge is 0.444 e. The molecule has 0 saturated heterocycles. The maximum atomic E-state index is 13.2. The van der Waals surface area contributed by atoms with E-state index in [4.69, 9.17) is 4.42 Å². The number of halogens is 1. The third kappa shape index (κ3) is 5.90. The molecule has 0 aliphatic carbocycles. The van der Waals surface area contributed by atoms with Crippen LogP contribution in [0.1, 0.15) is 11.3 Å². The van der Waals surface area contributed by atoms with Gasteiger partial charge in [0.1, 0.15) is 12.1 Å². The highest BCUT2D eigenvalue weighted by Gasteiger charge is 2.08. The summed E-state index contributed by atoms with van der Waals surface area (Å²) in [6.45, 7) is 2.37. The van der Waals surface area contributed by atoms with Crippen LogP contribution in [0.15, 0.2) is 64.2 Å². The van der Waals surface area contributed by atoms with Crippen LogP contribution in [0.3, 0.4) is 0 Å². The summed E-state index contributed by atoms with van der Waals surface area (Å²) in [6, 6.07) is 13.6. The van der Waals surface area contributed by atoms with Gasteiger partial charge in [-0.2, -0.15) is 0 Å². The Balaban J connectivity index is 1.48. The fourth-order valence-electron chi connectivity index (χ4n) is 2.55. The van der Waals surface area contributed by atoms with Crippen LogP contribution in [0.4, 0.5) is 10.1 Å². The molecule has 1 aromatic heterocycles. The second-order valence-corrected chi connectivity index (χ2v) is 6.35. The minimum absolute atomic E-state index is 0.0242. The van der Waals surface area contributed by atoms with Gasteiger partial charge in [0.25, 0.3) is 0 Å². The molecule has 2 aromatic carbocycles. The molecular weight excluding hydrogens is 373 g/mol. The molecule has 0 fully saturated rings. The Morgan fingerprint density at radius 2 is 1.97 bits per heavy atom. The third-order valence-corrected chi connectivity index (χ3v) is 4.04. The van der Waals surface area contributed by atoms with Gasteiger partial charge in [0.05, 0.1) is 18.8 Å². The summed E-state index contributed by atoms with van der Waals surface area (Å²) in [7, 11) is 1.60. The van der Waals surface area contributed by atoms with Crippen molar-refractivity contribution in [3.63, 3.8) is 0 Å². The van der Waals surface area contributed by atoms with Gasteiger partial charge in [0.2, 0.25) is 11.8 Å². The first-order chi connectivity index (χ1) is 14.0. The molecule has 3 rings (SSSR count). The standard InChI is InChI=1S/C21H22FN5O2/c1-14-6-8-15(9-7-14)20-27-18(13-29-20)11-24-21(23-2)25-12-19(28)26-17-5-3-4-16(22)10-17/h3-10,13H,11-12H2,1-2H3,(H,26,28)(H2,23,24,25). The summed E-state index contributed by atoms with van der Waals surface area (Å²) in [5.74, 6) is 0.242. The highest BCUT2D eigenvalue weighted by Crippen LogP contribution is 2.19. The predicted octanol–water partition coefficient (Wildman–Crippen LogP) is 3.09. The first-order valence-electron chi connectivity index (χ1n) is 9.05. The lowest BCUT2D eigenvalue weighted by Gasteiger charge is -2.11. The number of hydrogen-bond donors (Lipinski definition) is 3. The Morgan fingerprint density at radius 1 is 1.17 bits per heavy atom. The number of rotatable bonds is 6. The molecule has 0 atom stereocenters. The Bertz CT molecular complexity index is 998. The van der Waals surface area contributed by atoms with Gasteiger partial charge in [-0.05, 0) is 37.3 Å². The minimum Gasteiger partial charge on any atom is -0.444 e.